The van der Waals surface area contributed by atoms with Crippen molar-refractivity contribution in [3.63, 3.8) is 0 Å². The lowest BCUT2D eigenvalue weighted by atomic mass is 9.92. The summed E-state index contributed by atoms with van der Waals surface area (Å²) >= 11 is 0. The SMILES string of the molecule is CCCC1CCN(CCCC(C)NC)CC1. The Balaban J connectivity index is 2.03. The van der Waals surface area contributed by atoms with Gasteiger partial charge in [-0.25, -0.2) is 0 Å². The minimum atomic E-state index is 0.678. The van der Waals surface area contributed by atoms with E-state index in [4.69, 9.17) is 0 Å². The van der Waals surface area contributed by atoms with Gasteiger partial charge in [-0.3, -0.25) is 0 Å². The molecule has 1 aliphatic heterocycles. The van der Waals surface area contributed by atoms with Gasteiger partial charge in [-0.15, -0.1) is 0 Å². The fourth-order valence-corrected chi connectivity index (χ4v) is 2.67. The normalized spacial score (nSPS) is 21.2. The van der Waals surface area contributed by atoms with Crippen LogP contribution in [0.2, 0.25) is 0 Å². The second-order valence-electron chi connectivity index (χ2n) is 5.41. The number of nitrogens with one attached hydrogen (secondary N) is 1. The van der Waals surface area contributed by atoms with Gasteiger partial charge in [-0.1, -0.05) is 19.8 Å². The molecule has 0 aliphatic carbocycles. The number of rotatable bonds is 7. The highest BCUT2D eigenvalue weighted by atomic mass is 15.1. The molecule has 96 valence electrons. The molecule has 0 saturated carbocycles. The first-order valence-corrected chi connectivity index (χ1v) is 7.15. The first kappa shape index (κ1) is 14.0. The predicted molar refractivity (Wildman–Crippen MR) is 71.8 cm³/mol. The molecule has 1 atom stereocenters. The van der Waals surface area contributed by atoms with E-state index < -0.39 is 0 Å². The maximum Gasteiger partial charge on any atom is 0.00362 e. The van der Waals surface area contributed by atoms with Crippen LogP contribution in [-0.2, 0) is 0 Å². The Hall–Kier alpha value is -0.0800. The van der Waals surface area contributed by atoms with E-state index >= 15 is 0 Å². The van der Waals surface area contributed by atoms with Gasteiger partial charge >= 0.3 is 0 Å². The van der Waals surface area contributed by atoms with E-state index in [0.717, 1.165) is 5.92 Å². The second kappa shape index (κ2) is 8.08. The lowest BCUT2D eigenvalue weighted by molar-refractivity contribution is 0.175. The van der Waals surface area contributed by atoms with Gasteiger partial charge in [0.1, 0.15) is 0 Å². The summed E-state index contributed by atoms with van der Waals surface area (Å²) in [4.78, 5) is 2.66. The molecule has 0 aromatic carbocycles. The zero-order valence-corrected chi connectivity index (χ0v) is 11.5. The van der Waals surface area contributed by atoms with Crippen LogP contribution in [0.25, 0.3) is 0 Å². The highest BCUT2D eigenvalue weighted by Gasteiger charge is 2.17. The van der Waals surface area contributed by atoms with Crippen molar-refractivity contribution < 1.29 is 0 Å². The van der Waals surface area contributed by atoms with Crippen LogP contribution in [-0.4, -0.2) is 37.6 Å². The standard InChI is InChI=1S/C14H30N2/c1-4-6-14-8-11-16(12-9-14)10-5-7-13(2)15-3/h13-15H,4-12H2,1-3H3. The van der Waals surface area contributed by atoms with E-state index in [1.54, 1.807) is 0 Å². The summed E-state index contributed by atoms with van der Waals surface area (Å²) in [5.74, 6) is 1.03. The molecule has 0 aromatic rings. The first-order valence-electron chi connectivity index (χ1n) is 7.15. The lowest BCUT2D eigenvalue weighted by Gasteiger charge is -2.32. The topological polar surface area (TPSA) is 15.3 Å². The Morgan fingerprint density at radius 1 is 1.31 bits per heavy atom. The molecule has 1 fully saturated rings. The highest BCUT2D eigenvalue weighted by Crippen LogP contribution is 2.21. The van der Waals surface area contributed by atoms with Gasteiger partial charge in [0.15, 0.2) is 0 Å². The van der Waals surface area contributed by atoms with Crippen molar-refractivity contribution in [2.75, 3.05) is 26.7 Å². The number of hydrogen-bond acceptors (Lipinski definition) is 2. The molecule has 0 amide bonds. The van der Waals surface area contributed by atoms with E-state index in [2.05, 4.69) is 31.1 Å². The Labute approximate surface area is 102 Å². The molecule has 0 spiro atoms. The van der Waals surface area contributed by atoms with E-state index in [0.29, 0.717) is 6.04 Å². The van der Waals surface area contributed by atoms with Gasteiger partial charge in [0.25, 0.3) is 0 Å². The molecule has 0 bridgehead atoms. The molecule has 1 N–H and O–H groups in total. The Kier molecular flexibility index (Phi) is 7.06. The van der Waals surface area contributed by atoms with Crippen molar-refractivity contribution in [2.24, 2.45) is 5.92 Å². The van der Waals surface area contributed by atoms with Crippen LogP contribution in [0.15, 0.2) is 0 Å². The summed E-state index contributed by atoms with van der Waals surface area (Å²) in [5.41, 5.74) is 0. The minimum Gasteiger partial charge on any atom is -0.317 e. The van der Waals surface area contributed by atoms with Crippen molar-refractivity contribution >= 4 is 0 Å². The summed E-state index contributed by atoms with van der Waals surface area (Å²) < 4.78 is 0. The van der Waals surface area contributed by atoms with Gasteiger partial charge in [-0.05, 0) is 65.2 Å². The van der Waals surface area contributed by atoms with Crippen LogP contribution in [0.3, 0.4) is 0 Å². The molecule has 0 aromatic heterocycles. The maximum absolute atomic E-state index is 3.31. The van der Waals surface area contributed by atoms with Crippen molar-refractivity contribution in [1.29, 1.82) is 0 Å². The molecule has 16 heavy (non-hydrogen) atoms. The zero-order chi connectivity index (χ0) is 11.8. The lowest BCUT2D eigenvalue weighted by Crippen LogP contribution is -2.35. The average molecular weight is 226 g/mol. The third kappa shape index (κ3) is 5.31. The van der Waals surface area contributed by atoms with E-state index in [1.165, 1.54) is 58.2 Å². The summed E-state index contributed by atoms with van der Waals surface area (Å²) in [6.07, 6.45) is 8.35. The molecular formula is C14H30N2. The number of likely N-dealkylation sites (tertiary alicyclic amines) is 1. The highest BCUT2D eigenvalue weighted by molar-refractivity contribution is 4.72. The van der Waals surface area contributed by atoms with Crippen LogP contribution < -0.4 is 5.32 Å². The van der Waals surface area contributed by atoms with Crippen LogP contribution in [0.5, 0.6) is 0 Å². The Morgan fingerprint density at radius 3 is 2.56 bits per heavy atom. The maximum atomic E-state index is 3.31. The van der Waals surface area contributed by atoms with Crippen LogP contribution in [0, 0.1) is 5.92 Å². The zero-order valence-electron chi connectivity index (χ0n) is 11.5. The fourth-order valence-electron chi connectivity index (χ4n) is 2.67. The molecule has 2 heteroatoms. The van der Waals surface area contributed by atoms with Crippen LogP contribution in [0.1, 0.15) is 52.4 Å². The molecule has 0 radical (unpaired) electrons. The molecular weight excluding hydrogens is 196 g/mol. The minimum absolute atomic E-state index is 0.678. The fraction of sp³-hybridized carbons (Fsp3) is 1.00. The van der Waals surface area contributed by atoms with Gasteiger partial charge in [-0.2, -0.15) is 0 Å². The number of piperidine rings is 1. The van der Waals surface area contributed by atoms with Gasteiger partial charge in [0, 0.05) is 6.04 Å². The van der Waals surface area contributed by atoms with Crippen molar-refractivity contribution in [1.82, 2.24) is 10.2 Å². The third-order valence-corrected chi connectivity index (χ3v) is 4.01. The van der Waals surface area contributed by atoms with Crippen molar-refractivity contribution in [2.45, 2.75) is 58.4 Å². The molecule has 1 unspecified atom stereocenters. The van der Waals surface area contributed by atoms with E-state index in [1.807, 2.05) is 0 Å². The molecule has 1 heterocycles. The number of hydrogen-bond donors (Lipinski definition) is 1. The second-order valence-corrected chi connectivity index (χ2v) is 5.41. The smallest absolute Gasteiger partial charge is 0.00362 e. The third-order valence-electron chi connectivity index (χ3n) is 4.01. The summed E-state index contributed by atoms with van der Waals surface area (Å²) in [6, 6.07) is 0.678. The van der Waals surface area contributed by atoms with Crippen molar-refractivity contribution in [3.8, 4) is 0 Å². The Bertz CT molecular complexity index is 162. The van der Waals surface area contributed by atoms with E-state index in [9.17, 15) is 0 Å². The van der Waals surface area contributed by atoms with Gasteiger partial charge in [0.2, 0.25) is 0 Å². The average Bonchev–Trinajstić information content (AvgIpc) is 2.31. The van der Waals surface area contributed by atoms with Gasteiger partial charge < -0.3 is 10.2 Å². The van der Waals surface area contributed by atoms with Crippen LogP contribution >= 0.6 is 0 Å². The van der Waals surface area contributed by atoms with Crippen LogP contribution in [0.4, 0.5) is 0 Å². The first-order chi connectivity index (χ1) is 7.76. The van der Waals surface area contributed by atoms with Crippen molar-refractivity contribution in [3.05, 3.63) is 0 Å². The quantitative estimate of drug-likeness (QED) is 0.718. The predicted octanol–water partition coefficient (Wildman–Crippen LogP) is 2.89. The largest absolute Gasteiger partial charge is 0.317 e. The van der Waals surface area contributed by atoms with E-state index in [-0.39, 0.29) is 0 Å². The summed E-state index contributed by atoms with van der Waals surface area (Å²) in [6.45, 7) is 8.58. The summed E-state index contributed by atoms with van der Waals surface area (Å²) in [7, 11) is 2.06. The molecule has 2 nitrogen and oxygen atoms in total. The summed E-state index contributed by atoms with van der Waals surface area (Å²) in [5, 5.41) is 3.31. The molecule has 1 rings (SSSR count). The molecule has 1 aliphatic rings. The number of nitrogens with zero attached hydrogens (tertiary/aromatic N) is 1. The van der Waals surface area contributed by atoms with Gasteiger partial charge in [0.05, 0.1) is 0 Å². The monoisotopic (exact) mass is 226 g/mol. The molecule has 1 saturated heterocycles. The Morgan fingerprint density at radius 2 is 2.00 bits per heavy atom.